The molecule has 92 valence electrons. The summed E-state index contributed by atoms with van der Waals surface area (Å²) in [4.78, 5) is 22.1. The van der Waals surface area contributed by atoms with E-state index in [4.69, 9.17) is 5.26 Å². The van der Waals surface area contributed by atoms with Crippen molar-refractivity contribution in [3.05, 3.63) is 40.5 Å². The van der Waals surface area contributed by atoms with E-state index in [0.29, 0.717) is 5.69 Å². The van der Waals surface area contributed by atoms with Crippen LogP contribution in [-0.2, 0) is 9.59 Å². The number of hydrogen-bond acceptors (Lipinski definition) is 4. The van der Waals surface area contributed by atoms with Gasteiger partial charge in [0.05, 0.1) is 0 Å². The Balaban J connectivity index is 2.78. The highest BCUT2D eigenvalue weighted by Gasteiger charge is 2.09. The summed E-state index contributed by atoms with van der Waals surface area (Å²) < 4.78 is 0.868. The van der Waals surface area contributed by atoms with Crippen molar-refractivity contribution in [3.63, 3.8) is 0 Å². The molecule has 0 heterocycles. The zero-order chi connectivity index (χ0) is 13.5. The highest BCUT2D eigenvalue weighted by atomic mass is 79.9. The van der Waals surface area contributed by atoms with Crippen LogP contribution in [0.15, 0.2) is 40.5 Å². The highest BCUT2D eigenvalue weighted by molar-refractivity contribution is 9.10. The van der Waals surface area contributed by atoms with Crippen LogP contribution >= 0.6 is 15.9 Å². The maximum Gasteiger partial charge on any atom is 0.269 e. The Kier molecular flexibility index (Phi) is 5.08. The van der Waals surface area contributed by atoms with Gasteiger partial charge in [0.2, 0.25) is 5.91 Å². The fourth-order valence-electron chi connectivity index (χ4n) is 1.11. The number of anilines is 1. The second-order valence-electron chi connectivity index (χ2n) is 3.33. The minimum absolute atomic E-state index is 0.176. The lowest BCUT2D eigenvalue weighted by molar-refractivity contribution is -0.126. The molecule has 1 rings (SSSR count). The second-order valence-corrected chi connectivity index (χ2v) is 4.25. The zero-order valence-corrected chi connectivity index (χ0v) is 11.1. The van der Waals surface area contributed by atoms with E-state index >= 15 is 0 Å². The van der Waals surface area contributed by atoms with E-state index in [1.54, 1.807) is 18.2 Å². The summed E-state index contributed by atoms with van der Waals surface area (Å²) in [6.45, 7) is 1.20. The van der Waals surface area contributed by atoms with Crippen molar-refractivity contribution >= 4 is 33.4 Å². The number of nitrogens with zero attached hydrogens (tertiary/aromatic N) is 1. The van der Waals surface area contributed by atoms with E-state index in [1.165, 1.54) is 13.1 Å². The van der Waals surface area contributed by atoms with Gasteiger partial charge in [-0.05, 0) is 18.2 Å². The first kappa shape index (κ1) is 13.9. The molecule has 6 heteroatoms. The Bertz CT molecular complexity index is 546. The molecule has 0 atom stereocenters. The molecule has 0 aliphatic heterocycles. The lowest BCUT2D eigenvalue weighted by Gasteiger charge is -2.03. The predicted octanol–water partition coefficient (Wildman–Crippen LogP) is 1.93. The number of rotatable bonds is 3. The fraction of sp³-hybridized carbons (Fsp3) is 0.0833. The first-order chi connectivity index (χ1) is 8.52. The fourth-order valence-corrected chi connectivity index (χ4v) is 1.51. The summed E-state index contributed by atoms with van der Waals surface area (Å²) in [5.41, 5.74) is 0.540. The lowest BCUT2D eigenvalue weighted by atomic mass is 10.3. The number of carbonyl (C=O) groups is 2. The third-order valence-electron chi connectivity index (χ3n) is 1.86. The topological polar surface area (TPSA) is 82.0 Å². The normalized spacial score (nSPS) is 10.4. The molecule has 0 aliphatic rings. The summed E-state index contributed by atoms with van der Waals surface area (Å²) in [6, 6.07) is 8.93. The van der Waals surface area contributed by atoms with Crippen LogP contribution in [0, 0.1) is 11.3 Å². The van der Waals surface area contributed by atoms with Crippen molar-refractivity contribution in [2.45, 2.75) is 6.92 Å². The molecule has 0 bridgehead atoms. The van der Waals surface area contributed by atoms with Crippen molar-refractivity contribution in [2.24, 2.45) is 0 Å². The third kappa shape index (κ3) is 4.39. The smallest absolute Gasteiger partial charge is 0.269 e. The van der Waals surface area contributed by atoms with Crippen LogP contribution in [0.1, 0.15) is 6.92 Å². The Morgan fingerprint density at radius 2 is 2.17 bits per heavy atom. The van der Waals surface area contributed by atoms with Gasteiger partial charge in [0.15, 0.2) is 0 Å². The third-order valence-corrected chi connectivity index (χ3v) is 2.36. The SMILES string of the molecule is CC(=O)NC(=O)/C(C#N)=C\Nc1cccc(Br)c1. The number of hydrogen-bond donors (Lipinski definition) is 2. The van der Waals surface area contributed by atoms with E-state index in [2.05, 4.69) is 21.2 Å². The van der Waals surface area contributed by atoms with Crippen molar-refractivity contribution in [1.29, 1.82) is 5.26 Å². The second kappa shape index (κ2) is 6.57. The molecule has 5 nitrogen and oxygen atoms in total. The van der Waals surface area contributed by atoms with Gasteiger partial charge in [-0.2, -0.15) is 5.26 Å². The van der Waals surface area contributed by atoms with Gasteiger partial charge in [-0.15, -0.1) is 0 Å². The maximum absolute atomic E-state index is 11.4. The number of imide groups is 1. The van der Waals surface area contributed by atoms with E-state index in [-0.39, 0.29) is 5.57 Å². The Labute approximate surface area is 113 Å². The average molecular weight is 308 g/mol. The van der Waals surface area contributed by atoms with Gasteiger partial charge in [-0.1, -0.05) is 22.0 Å². The lowest BCUT2D eigenvalue weighted by Crippen LogP contribution is -2.29. The molecule has 0 aromatic heterocycles. The molecule has 2 amide bonds. The summed E-state index contributed by atoms with van der Waals surface area (Å²) in [5.74, 6) is -1.24. The standard InChI is InChI=1S/C12H10BrN3O2/c1-8(17)16-12(18)9(6-14)7-15-11-4-2-3-10(13)5-11/h2-5,7,15H,1H3,(H,16,17,18)/b9-7-. The number of nitriles is 1. The predicted molar refractivity (Wildman–Crippen MR) is 70.3 cm³/mol. The van der Waals surface area contributed by atoms with Gasteiger partial charge >= 0.3 is 0 Å². The van der Waals surface area contributed by atoms with E-state index < -0.39 is 11.8 Å². The molecular formula is C12H10BrN3O2. The zero-order valence-electron chi connectivity index (χ0n) is 9.53. The first-order valence-corrected chi connectivity index (χ1v) is 5.76. The van der Waals surface area contributed by atoms with Crippen molar-refractivity contribution in [3.8, 4) is 6.07 Å². The molecule has 2 N–H and O–H groups in total. The van der Waals surface area contributed by atoms with Crippen molar-refractivity contribution in [2.75, 3.05) is 5.32 Å². The van der Waals surface area contributed by atoms with Crippen LogP contribution in [0.2, 0.25) is 0 Å². The van der Waals surface area contributed by atoms with Crippen LogP contribution in [0.5, 0.6) is 0 Å². The number of amides is 2. The van der Waals surface area contributed by atoms with Crippen LogP contribution in [0.3, 0.4) is 0 Å². The molecule has 1 aromatic carbocycles. The van der Waals surface area contributed by atoms with E-state index in [0.717, 1.165) is 4.47 Å². The summed E-state index contributed by atoms with van der Waals surface area (Å²) in [7, 11) is 0. The van der Waals surface area contributed by atoms with Crippen molar-refractivity contribution < 1.29 is 9.59 Å². The van der Waals surface area contributed by atoms with Gasteiger partial charge in [-0.3, -0.25) is 14.9 Å². The molecule has 0 fully saturated rings. The van der Waals surface area contributed by atoms with Gasteiger partial charge in [-0.25, -0.2) is 0 Å². The molecular weight excluding hydrogens is 298 g/mol. The van der Waals surface area contributed by atoms with Gasteiger partial charge in [0.25, 0.3) is 5.91 Å². The van der Waals surface area contributed by atoms with E-state index in [1.807, 2.05) is 17.4 Å². The average Bonchev–Trinajstić information content (AvgIpc) is 2.29. The molecule has 0 spiro atoms. The van der Waals surface area contributed by atoms with Crippen LogP contribution in [0.25, 0.3) is 0 Å². The summed E-state index contributed by atoms with van der Waals surface area (Å²) in [6.07, 6.45) is 1.25. The monoisotopic (exact) mass is 307 g/mol. The number of benzene rings is 1. The summed E-state index contributed by atoms with van der Waals surface area (Å²) >= 11 is 3.30. The number of nitrogens with one attached hydrogen (secondary N) is 2. The minimum Gasteiger partial charge on any atom is -0.360 e. The summed E-state index contributed by atoms with van der Waals surface area (Å²) in [5, 5.41) is 13.6. The van der Waals surface area contributed by atoms with Crippen LogP contribution < -0.4 is 10.6 Å². The Morgan fingerprint density at radius 1 is 1.44 bits per heavy atom. The quantitative estimate of drug-likeness (QED) is 0.660. The molecule has 0 saturated carbocycles. The van der Waals surface area contributed by atoms with Crippen molar-refractivity contribution in [1.82, 2.24) is 5.32 Å². The Hall–Kier alpha value is -2.13. The maximum atomic E-state index is 11.4. The molecule has 0 unspecified atom stereocenters. The Morgan fingerprint density at radius 3 is 2.72 bits per heavy atom. The first-order valence-electron chi connectivity index (χ1n) is 4.97. The van der Waals surface area contributed by atoms with Gasteiger partial charge in [0.1, 0.15) is 11.6 Å². The molecule has 18 heavy (non-hydrogen) atoms. The van der Waals surface area contributed by atoms with Crippen LogP contribution in [-0.4, -0.2) is 11.8 Å². The van der Waals surface area contributed by atoms with E-state index in [9.17, 15) is 9.59 Å². The molecule has 0 radical (unpaired) electrons. The molecule has 0 aliphatic carbocycles. The molecule has 0 saturated heterocycles. The van der Waals surface area contributed by atoms with Gasteiger partial charge in [0, 0.05) is 23.3 Å². The van der Waals surface area contributed by atoms with Crippen LogP contribution in [0.4, 0.5) is 5.69 Å². The van der Waals surface area contributed by atoms with Gasteiger partial charge < -0.3 is 5.32 Å². The number of carbonyl (C=O) groups excluding carboxylic acids is 2. The number of halogens is 1. The largest absolute Gasteiger partial charge is 0.360 e. The molecule has 1 aromatic rings. The minimum atomic E-state index is -0.729. The highest BCUT2D eigenvalue weighted by Crippen LogP contribution is 2.15.